The van der Waals surface area contributed by atoms with Gasteiger partial charge in [-0.05, 0) is 0 Å². The van der Waals surface area contributed by atoms with Crippen LogP contribution in [0, 0.1) is 10.7 Å². The second kappa shape index (κ2) is 7.57. The summed E-state index contributed by atoms with van der Waals surface area (Å²) >= 11 is 0.167. The molecule has 0 saturated carbocycles. The van der Waals surface area contributed by atoms with E-state index >= 15 is 0 Å². The van der Waals surface area contributed by atoms with E-state index in [0.29, 0.717) is 19.8 Å². The molecule has 0 unspecified atom stereocenters. The van der Waals surface area contributed by atoms with E-state index in [4.69, 9.17) is 13.3 Å². The average Bonchev–Trinajstić information content (AvgIpc) is 2.45. The Morgan fingerprint density at radius 1 is 1.00 bits per heavy atom. The van der Waals surface area contributed by atoms with Crippen molar-refractivity contribution < 1.29 is 13.3 Å². The summed E-state index contributed by atoms with van der Waals surface area (Å²) in [7, 11) is -2.47. The summed E-state index contributed by atoms with van der Waals surface area (Å²) in [6.07, 6.45) is 0. The van der Waals surface area contributed by atoms with Gasteiger partial charge in [0.1, 0.15) is 0 Å². The van der Waals surface area contributed by atoms with Crippen molar-refractivity contribution >= 4 is 23.8 Å². The SMILES string of the molecule is C(#Cc1ccccc1)[Se]C[Si]12OCCN(CCO1)CCO2. The van der Waals surface area contributed by atoms with Crippen LogP contribution in [0.25, 0.3) is 0 Å². The van der Waals surface area contributed by atoms with Crippen LogP contribution >= 0.6 is 0 Å². The molecule has 21 heavy (non-hydrogen) atoms. The van der Waals surface area contributed by atoms with Crippen molar-refractivity contribution in [2.45, 2.75) is 4.94 Å². The van der Waals surface area contributed by atoms with Crippen LogP contribution in [0.4, 0.5) is 0 Å². The maximum atomic E-state index is 5.99. The van der Waals surface area contributed by atoms with Crippen molar-refractivity contribution in [2.24, 2.45) is 0 Å². The van der Waals surface area contributed by atoms with E-state index in [2.05, 4.69) is 15.6 Å². The predicted octanol–water partition coefficient (Wildman–Crippen LogP) is 0.975. The summed E-state index contributed by atoms with van der Waals surface area (Å²) in [5, 5.41) is 0. The Labute approximate surface area is 133 Å². The zero-order valence-electron chi connectivity index (χ0n) is 11.9. The maximum absolute atomic E-state index is 5.99. The van der Waals surface area contributed by atoms with E-state index in [1.165, 1.54) is 0 Å². The molecule has 3 heterocycles. The second-order valence-electron chi connectivity index (χ2n) is 4.95. The molecule has 0 atom stereocenters. The number of rotatable bonds is 2. The summed E-state index contributed by atoms with van der Waals surface area (Å²) in [6, 6.07) is 10.1. The Morgan fingerprint density at radius 2 is 1.62 bits per heavy atom. The molecule has 2 bridgehead atoms. The first-order valence-corrected chi connectivity index (χ1v) is 11.2. The third kappa shape index (κ3) is 4.41. The monoisotopic (exact) mass is 369 g/mol. The molecule has 3 aliphatic rings. The minimum atomic E-state index is -2.47. The third-order valence-corrected chi connectivity index (χ3v) is 9.56. The summed E-state index contributed by atoms with van der Waals surface area (Å²) < 4.78 is 18.0. The first-order chi connectivity index (χ1) is 10.4. The van der Waals surface area contributed by atoms with Crippen LogP contribution in [-0.2, 0) is 13.3 Å². The Morgan fingerprint density at radius 3 is 2.24 bits per heavy atom. The van der Waals surface area contributed by atoms with Crippen LogP contribution in [-0.4, -0.2) is 68.1 Å². The van der Waals surface area contributed by atoms with Gasteiger partial charge in [0.15, 0.2) is 0 Å². The van der Waals surface area contributed by atoms with Crippen LogP contribution in [0.5, 0.6) is 0 Å². The first-order valence-electron chi connectivity index (χ1n) is 7.18. The van der Waals surface area contributed by atoms with E-state index < -0.39 is 8.80 Å². The quantitative estimate of drug-likeness (QED) is 0.575. The Hall–Kier alpha value is -0.644. The van der Waals surface area contributed by atoms with Crippen molar-refractivity contribution in [3.05, 3.63) is 35.9 Å². The van der Waals surface area contributed by atoms with E-state index in [-0.39, 0.29) is 15.0 Å². The van der Waals surface area contributed by atoms with Gasteiger partial charge in [0.05, 0.1) is 0 Å². The number of hydrogen-bond acceptors (Lipinski definition) is 4. The fourth-order valence-electron chi connectivity index (χ4n) is 2.32. The van der Waals surface area contributed by atoms with Crippen LogP contribution in [0.3, 0.4) is 0 Å². The molecule has 4 rings (SSSR count). The first kappa shape index (κ1) is 15.3. The second-order valence-corrected chi connectivity index (χ2v) is 10.3. The van der Waals surface area contributed by atoms with Gasteiger partial charge in [-0.1, -0.05) is 0 Å². The zero-order chi connectivity index (χ0) is 14.4. The molecule has 0 spiro atoms. The Bertz CT molecular complexity index is 490. The van der Waals surface area contributed by atoms with Gasteiger partial charge >= 0.3 is 133 Å². The summed E-state index contributed by atoms with van der Waals surface area (Å²) in [5.74, 6) is 3.21. The molecule has 112 valence electrons. The average molecular weight is 368 g/mol. The zero-order valence-corrected chi connectivity index (χ0v) is 14.6. The van der Waals surface area contributed by atoms with Crippen LogP contribution in [0.1, 0.15) is 5.56 Å². The minimum absolute atomic E-state index is 0.167. The van der Waals surface area contributed by atoms with Gasteiger partial charge in [-0.15, -0.1) is 0 Å². The Balaban J connectivity index is 1.58. The van der Waals surface area contributed by atoms with Gasteiger partial charge in [-0.3, -0.25) is 0 Å². The predicted molar refractivity (Wildman–Crippen MR) is 83.9 cm³/mol. The molecule has 1 aromatic rings. The molecule has 3 aliphatic heterocycles. The normalized spacial score (nSPS) is 28.9. The van der Waals surface area contributed by atoms with E-state index in [0.717, 1.165) is 30.1 Å². The summed E-state index contributed by atoms with van der Waals surface area (Å²) in [4.78, 5) is 6.46. The number of nitrogens with zero attached hydrogens (tertiary/aromatic N) is 1. The summed E-state index contributed by atoms with van der Waals surface area (Å²) in [5.41, 5.74) is 1.06. The van der Waals surface area contributed by atoms with Crippen LogP contribution in [0.15, 0.2) is 30.3 Å². The van der Waals surface area contributed by atoms with Gasteiger partial charge in [0.2, 0.25) is 0 Å². The molecule has 3 saturated heterocycles. The van der Waals surface area contributed by atoms with Crippen LogP contribution < -0.4 is 0 Å². The molecule has 3 fully saturated rings. The van der Waals surface area contributed by atoms with E-state index in [1.807, 2.05) is 30.3 Å². The fourth-order valence-corrected chi connectivity index (χ4v) is 7.81. The third-order valence-electron chi connectivity index (χ3n) is 3.48. The van der Waals surface area contributed by atoms with Crippen molar-refractivity contribution in [3.63, 3.8) is 0 Å². The summed E-state index contributed by atoms with van der Waals surface area (Å²) in [6.45, 7) is 5.12. The van der Waals surface area contributed by atoms with Crippen molar-refractivity contribution in [1.29, 1.82) is 0 Å². The molecule has 0 radical (unpaired) electrons. The number of hydrogen-bond donors (Lipinski definition) is 0. The molecular weight excluding hydrogens is 349 g/mol. The molecule has 0 aromatic heterocycles. The molecule has 4 nitrogen and oxygen atoms in total. The molecule has 0 aliphatic carbocycles. The standard InChI is InChI=1S/C15H19NO3SeSi/c1-2-4-15(5-3-1)6-13-20-14-21-17-10-7-16(8-11-18-21)9-12-19-21/h1-5H,7-12,14H2. The van der Waals surface area contributed by atoms with Crippen molar-refractivity contribution in [1.82, 2.24) is 4.90 Å². The topological polar surface area (TPSA) is 30.9 Å². The molecule has 0 N–H and O–H groups in total. The van der Waals surface area contributed by atoms with Gasteiger partial charge in [0.25, 0.3) is 0 Å². The van der Waals surface area contributed by atoms with Gasteiger partial charge in [-0.2, -0.15) is 0 Å². The molecular formula is C15H19NO3SeSi. The van der Waals surface area contributed by atoms with E-state index in [1.54, 1.807) is 0 Å². The Kier molecular flexibility index (Phi) is 5.50. The molecule has 0 amide bonds. The van der Waals surface area contributed by atoms with Crippen molar-refractivity contribution in [3.8, 4) is 10.7 Å². The van der Waals surface area contributed by atoms with E-state index in [9.17, 15) is 0 Å². The van der Waals surface area contributed by atoms with Crippen molar-refractivity contribution in [2.75, 3.05) is 39.5 Å². The fraction of sp³-hybridized carbons (Fsp3) is 0.467. The van der Waals surface area contributed by atoms with Gasteiger partial charge < -0.3 is 0 Å². The van der Waals surface area contributed by atoms with Crippen LogP contribution in [0.2, 0.25) is 4.94 Å². The molecule has 6 heteroatoms. The number of benzene rings is 1. The molecule has 1 aromatic carbocycles. The van der Waals surface area contributed by atoms with Gasteiger partial charge in [-0.25, -0.2) is 0 Å². The number of fused-ring (bicyclic) bond motifs is 6. The van der Waals surface area contributed by atoms with Gasteiger partial charge in [0, 0.05) is 0 Å².